The first-order valence-electron chi connectivity index (χ1n) is 5.85. The fourth-order valence-electron chi connectivity index (χ4n) is 1.98. The van der Waals surface area contributed by atoms with Gasteiger partial charge >= 0.3 is 0 Å². The molecule has 0 fully saturated rings. The largest absolute Gasteiger partial charge is 0.319 e. The Balaban J connectivity index is 2.27. The topological polar surface area (TPSA) is 17.0 Å². The number of nitrogens with one attached hydrogen (secondary N) is 1. The van der Waals surface area contributed by atoms with Crippen LogP contribution >= 0.6 is 0 Å². The second kappa shape index (κ2) is 4.80. The van der Waals surface area contributed by atoms with Crippen molar-refractivity contribution in [1.82, 2.24) is 4.68 Å². The molecule has 96 valence electrons. The molecule has 18 heavy (non-hydrogen) atoms. The van der Waals surface area contributed by atoms with Gasteiger partial charge in [-0.15, -0.1) is 0 Å². The molecule has 0 amide bonds. The number of benzene rings is 1. The molecule has 1 unspecified atom stereocenters. The van der Waals surface area contributed by atoms with E-state index in [0.717, 1.165) is 23.5 Å². The summed E-state index contributed by atoms with van der Waals surface area (Å²) in [6.07, 6.45) is 0. The zero-order valence-electron chi connectivity index (χ0n) is 10.7. The van der Waals surface area contributed by atoms with Gasteiger partial charge in [0, 0.05) is 17.0 Å². The Labute approximate surface area is 105 Å². The molecular weight excluding hydrogens is 234 g/mol. The molecule has 0 aliphatic heterocycles. The molecule has 1 aromatic heterocycles. The van der Waals surface area contributed by atoms with Crippen molar-refractivity contribution in [3.8, 4) is 0 Å². The molecule has 1 atom stereocenters. The molecule has 2 rings (SSSR count). The number of nitrogens with zero attached hydrogens (tertiary/aromatic N) is 1. The summed E-state index contributed by atoms with van der Waals surface area (Å²) in [4.78, 5) is 0. The Morgan fingerprint density at radius 2 is 1.67 bits per heavy atom. The molecule has 2 nitrogen and oxygen atoms in total. The van der Waals surface area contributed by atoms with Crippen molar-refractivity contribution in [2.45, 2.75) is 26.8 Å². The first-order valence-corrected chi connectivity index (χ1v) is 5.85. The minimum absolute atomic E-state index is 0.314. The van der Waals surface area contributed by atoms with E-state index in [-0.39, 0.29) is 6.04 Å². The van der Waals surface area contributed by atoms with Crippen LogP contribution in [0.3, 0.4) is 0 Å². The predicted octanol–water partition coefficient (Wildman–Crippen LogP) is 3.69. The van der Waals surface area contributed by atoms with Crippen LogP contribution in [0.5, 0.6) is 0 Å². The van der Waals surface area contributed by atoms with Gasteiger partial charge in [-0.3, -0.25) is 4.68 Å². The molecule has 1 heterocycles. The van der Waals surface area contributed by atoms with Gasteiger partial charge in [0.05, 0.1) is 6.04 Å². The molecule has 4 heteroatoms. The zero-order chi connectivity index (χ0) is 13.3. The van der Waals surface area contributed by atoms with E-state index in [9.17, 15) is 8.78 Å². The molecule has 1 N–H and O–H groups in total. The summed E-state index contributed by atoms with van der Waals surface area (Å²) in [5, 5.41) is 0. The van der Waals surface area contributed by atoms with E-state index in [0.29, 0.717) is 5.56 Å². The third kappa shape index (κ3) is 2.37. The monoisotopic (exact) mass is 250 g/mol. The van der Waals surface area contributed by atoms with Gasteiger partial charge in [-0.05, 0) is 51.1 Å². The smallest absolute Gasteiger partial charge is 0.128 e. The van der Waals surface area contributed by atoms with Crippen LogP contribution in [0.15, 0.2) is 30.3 Å². The number of hydrogen-bond acceptors (Lipinski definition) is 1. The van der Waals surface area contributed by atoms with Gasteiger partial charge in [0.25, 0.3) is 0 Å². The predicted molar refractivity (Wildman–Crippen MR) is 68.0 cm³/mol. The molecule has 0 saturated carbocycles. The molecule has 0 aliphatic carbocycles. The maximum absolute atomic E-state index is 13.6. The van der Waals surface area contributed by atoms with E-state index in [1.165, 1.54) is 6.07 Å². The van der Waals surface area contributed by atoms with Gasteiger partial charge < -0.3 is 5.43 Å². The lowest BCUT2D eigenvalue weighted by atomic mass is 10.1. The van der Waals surface area contributed by atoms with Gasteiger partial charge in [-0.1, -0.05) is 0 Å². The fourth-order valence-corrected chi connectivity index (χ4v) is 1.98. The van der Waals surface area contributed by atoms with E-state index in [1.54, 1.807) is 6.92 Å². The van der Waals surface area contributed by atoms with Crippen LogP contribution in [0.4, 0.5) is 8.78 Å². The Bertz CT molecular complexity index is 541. The Kier molecular flexibility index (Phi) is 3.36. The van der Waals surface area contributed by atoms with Crippen molar-refractivity contribution < 1.29 is 8.78 Å². The summed E-state index contributed by atoms with van der Waals surface area (Å²) in [7, 11) is 0. The van der Waals surface area contributed by atoms with Crippen LogP contribution < -0.4 is 5.43 Å². The van der Waals surface area contributed by atoms with Crippen molar-refractivity contribution in [2.24, 2.45) is 0 Å². The second-order valence-electron chi connectivity index (χ2n) is 4.47. The standard InChI is InChI=1S/C14H16F2N2/c1-9-4-5-10(2)18(9)17-11(3)13-8-12(15)6-7-14(13)16/h4-8,11,17H,1-3H3. The highest BCUT2D eigenvalue weighted by Crippen LogP contribution is 2.20. The summed E-state index contributed by atoms with van der Waals surface area (Å²) in [5.74, 6) is -0.833. The van der Waals surface area contributed by atoms with Crippen LogP contribution in [0.25, 0.3) is 0 Å². The van der Waals surface area contributed by atoms with Crippen LogP contribution in [0, 0.1) is 25.5 Å². The van der Waals surface area contributed by atoms with E-state index in [2.05, 4.69) is 5.43 Å². The van der Waals surface area contributed by atoms with E-state index < -0.39 is 11.6 Å². The SMILES string of the molecule is Cc1ccc(C)n1NC(C)c1cc(F)ccc1F. The number of rotatable bonds is 3. The van der Waals surface area contributed by atoms with Gasteiger partial charge in [-0.25, -0.2) is 8.78 Å². The van der Waals surface area contributed by atoms with Crippen molar-refractivity contribution in [2.75, 3.05) is 5.43 Å². The Morgan fingerprint density at radius 1 is 1.06 bits per heavy atom. The quantitative estimate of drug-likeness (QED) is 0.879. The van der Waals surface area contributed by atoms with Gasteiger partial charge in [0.1, 0.15) is 11.6 Å². The van der Waals surface area contributed by atoms with Gasteiger partial charge in [-0.2, -0.15) is 0 Å². The average Bonchev–Trinajstić information content (AvgIpc) is 2.64. The maximum atomic E-state index is 13.6. The van der Waals surface area contributed by atoms with E-state index in [4.69, 9.17) is 0 Å². The maximum Gasteiger partial charge on any atom is 0.128 e. The lowest BCUT2D eigenvalue weighted by molar-refractivity contribution is 0.566. The molecule has 1 aromatic carbocycles. The van der Waals surface area contributed by atoms with Crippen LogP contribution in [-0.2, 0) is 0 Å². The highest BCUT2D eigenvalue weighted by molar-refractivity contribution is 5.25. The number of aromatic nitrogens is 1. The fraction of sp³-hybridized carbons (Fsp3) is 0.286. The molecule has 2 aromatic rings. The lowest BCUT2D eigenvalue weighted by Crippen LogP contribution is -2.21. The molecule has 0 spiro atoms. The van der Waals surface area contributed by atoms with Crippen molar-refractivity contribution in [1.29, 1.82) is 0 Å². The van der Waals surface area contributed by atoms with E-state index in [1.807, 2.05) is 30.7 Å². The molecule has 0 bridgehead atoms. The summed E-state index contributed by atoms with van der Waals surface area (Å²) in [6.45, 7) is 5.71. The lowest BCUT2D eigenvalue weighted by Gasteiger charge is -2.20. The number of aryl methyl sites for hydroxylation is 2. The summed E-state index contributed by atoms with van der Waals surface area (Å²) in [6, 6.07) is 7.12. The highest BCUT2D eigenvalue weighted by atomic mass is 19.1. The third-order valence-electron chi connectivity index (χ3n) is 3.02. The van der Waals surface area contributed by atoms with Gasteiger partial charge in [0.2, 0.25) is 0 Å². The second-order valence-corrected chi connectivity index (χ2v) is 4.47. The first-order chi connectivity index (χ1) is 8.49. The molecule has 0 aliphatic rings. The molecule has 0 radical (unpaired) electrons. The highest BCUT2D eigenvalue weighted by Gasteiger charge is 2.13. The Morgan fingerprint density at radius 3 is 2.28 bits per heavy atom. The Hall–Kier alpha value is -1.84. The van der Waals surface area contributed by atoms with Crippen molar-refractivity contribution >= 4 is 0 Å². The van der Waals surface area contributed by atoms with Crippen LogP contribution in [0.2, 0.25) is 0 Å². The first kappa shape index (κ1) is 12.6. The van der Waals surface area contributed by atoms with Gasteiger partial charge in [0.15, 0.2) is 0 Å². The minimum Gasteiger partial charge on any atom is -0.319 e. The summed E-state index contributed by atoms with van der Waals surface area (Å²) < 4.78 is 28.6. The minimum atomic E-state index is -0.430. The van der Waals surface area contributed by atoms with Crippen molar-refractivity contribution in [3.63, 3.8) is 0 Å². The molecule has 0 saturated heterocycles. The number of hydrogen-bond donors (Lipinski definition) is 1. The van der Waals surface area contributed by atoms with Crippen molar-refractivity contribution in [3.05, 3.63) is 58.9 Å². The summed E-state index contributed by atoms with van der Waals surface area (Å²) >= 11 is 0. The van der Waals surface area contributed by atoms with Crippen LogP contribution in [0.1, 0.15) is 29.9 Å². The normalized spacial score (nSPS) is 12.5. The van der Waals surface area contributed by atoms with Crippen LogP contribution in [-0.4, -0.2) is 4.68 Å². The van der Waals surface area contributed by atoms with E-state index >= 15 is 0 Å². The average molecular weight is 250 g/mol. The third-order valence-corrected chi connectivity index (χ3v) is 3.02. The zero-order valence-corrected chi connectivity index (χ0v) is 10.7. The number of halogens is 2. The molecular formula is C14H16F2N2. The summed E-state index contributed by atoms with van der Waals surface area (Å²) in [5.41, 5.74) is 5.52.